The predicted molar refractivity (Wildman–Crippen MR) is 70.2 cm³/mol. The molecule has 0 atom stereocenters. The number of ketones is 1. The molecule has 0 bridgehead atoms. The molecule has 4 heteroatoms. The smallest absolute Gasteiger partial charge is 0.164 e. The van der Waals surface area contributed by atoms with Gasteiger partial charge in [0.2, 0.25) is 0 Å². The minimum Gasteiger partial charge on any atom is -0.496 e. The highest BCUT2D eigenvalue weighted by Crippen LogP contribution is 2.30. The van der Waals surface area contributed by atoms with Crippen molar-refractivity contribution in [3.63, 3.8) is 0 Å². The number of hydrogen-bond acceptors (Lipinski definition) is 4. The van der Waals surface area contributed by atoms with E-state index in [0.29, 0.717) is 11.3 Å². The minimum absolute atomic E-state index is 0.0386. The topological polar surface area (TPSA) is 35.5 Å². The fourth-order valence-electron chi connectivity index (χ4n) is 1.53. The van der Waals surface area contributed by atoms with E-state index in [1.54, 1.807) is 32.9 Å². The van der Waals surface area contributed by atoms with Gasteiger partial charge in [-0.05, 0) is 25.5 Å². The summed E-state index contributed by atoms with van der Waals surface area (Å²) in [5, 5.41) is 0. The van der Waals surface area contributed by atoms with Gasteiger partial charge in [0.05, 0.1) is 12.7 Å². The molecule has 1 aromatic rings. The van der Waals surface area contributed by atoms with Crippen LogP contribution in [0.25, 0.3) is 0 Å². The van der Waals surface area contributed by atoms with Crippen LogP contribution < -0.4 is 4.74 Å². The Hall–Kier alpha value is -1.00. The number of ether oxygens (including phenoxy) is 2. The van der Waals surface area contributed by atoms with Gasteiger partial charge in [0.25, 0.3) is 0 Å². The first kappa shape index (κ1) is 14.1. The first-order valence-corrected chi connectivity index (χ1v) is 6.49. The summed E-state index contributed by atoms with van der Waals surface area (Å²) in [5.74, 6) is 1.62. The molecule has 0 unspecified atom stereocenters. The van der Waals surface area contributed by atoms with Crippen molar-refractivity contribution in [1.29, 1.82) is 0 Å². The second kappa shape index (κ2) is 7.35. The number of carbonyl (C=O) groups excluding carboxylic acids is 1. The lowest BCUT2D eigenvalue weighted by molar-refractivity contribution is 0.101. The van der Waals surface area contributed by atoms with Gasteiger partial charge in [-0.1, -0.05) is 6.07 Å². The summed E-state index contributed by atoms with van der Waals surface area (Å²) in [6, 6.07) is 5.68. The summed E-state index contributed by atoms with van der Waals surface area (Å²) < 4.78 is 10.2. The van der Waals surface area contributed by atoms with Gasteiger partial charge in [-0.3, -0.25) is 4.79 Å². The third kappa shape index (κ3) is 4.06. The second-order valence-corrected chi connectivity index (χ2v) is 4.72. The minimum atomic E-state index is 0.0386. The Bertz CT molecular complexity index is 377. The first-order valence-electron chi connectivity index (χ1n) is 5.50. The molecule has 0 aliphatic carbocycles. The van der Waals surface area contributed by atoms with Crippen LogP contribution in [-0.4, -0.2) is 32.4 Å². The molecule has 0 radical (unpaired) electrons. The van der Waals surface area contributed by atoms with Crippen LogP contribution in [-0.2, 0) is 4.74 Å². The summed E-state index contributed by atoms with van der Waals surface area (Å²) in [7, 11) is 3.28. The molecular formula is C13H18O3S. The molecule has 94 valence electrons. The van der Waals surface area contributed by atoms with Crippen molar-refractivity contribution in [3.05, 3.63) is 23.8 Å². The van der Waals surface area contributed by atoms with Gasteiger partial charge in [-0.2, -0.15) is 0 Å². The van der Waals surface area contributed by atoms with E-state index in [1.807, 2.05) is 18.2 Å². The van der Waals surface area contributed by atoms with Gasteiger partial charge in [-0.25, -0.2) is 0 Å². The summed E-state index contributed by atoms with van der Waals surface area (Å²) >= 11 is 1.66. The van der Waals surface area contributed by atoms with E-state index in [1.165, 1.54) is 0 Å². The standard InChI is InChI=1S/C13H18O3S/c1-10(14)13-11(16-3)6-4-7-12(13)17-9-5-8-15-2/h4,6-7H,5,8-9H2,1-3H3. The lowest BCUT2D eigenvalue weighted by Gasteiger charge is -2.10. The molecule has 0 heterocycles. The molecule has 0 spiro atoms. The van der Waals surface area contributed by atoms with Gasteiger partial charge in [0.15, 0.2) is 5.78 Å². The van der Waals surface area contributed by atoms with Crippen molar-refractivity contribution >= 4 is 17.5 Å². The maximum absolute atomic E-state index is 11.6. The van der Waals surface area contributed by atoms with Gasteiger partial charge >= 0.3 is 0 Å². The maximum Gasteiger partial charge on any atom is 0.164 e. The van der Waals surface area contributed by atoms with Gasteiger partial charge in [0.1, 0.15) is 5.75 Å². The SMILES string of the molecule is COCCCSc1cccc(OC)c1C(C)=O. The molecule has 3 nitrogen and oxygen atoms in total. The molecule has 17 heavy (non-hydrogen) atoms. The van der Waals surface area contributed by atoms with Crippen LogP contribution in [0.15, 0.2) is 23.1 Å². The van der Waals surface area contributed by atoms with Crippen molar-refractivity contribution in [2.45, 2.75) is 18.2 Å². The average Bonchev–Trinajstić information content (AvgIpc) is 2.33. The number of methoxy groups -OCH3 is 2. The molecule has 0 N–H and O–H groups in total. The molecule has 0 saturated carbocycles. The van der Waals surface area contributed by atoms with Crippen LogP contribution in [0.4, 0.5) is 0 Å². The van der Waals surface area contributed by atoms with E-state index in [9.17, 15) is 4.79 Å². The molecule has 0 saturated heterocycles. The van der Waals surface area contributed by atoms with Gasteiger partial charge < -0.3 is 9.47 Å². The monoisotopic (exact) mass is 254 g/mol. The van der Waals surface area contributed by atoms with Crippen LogP contribution in [0.1, 0.15) is 23.7 Å². The zero-order valence-electron chi connectivity index (χ0n) is 10.5. The van der Waals surface area contributed by atoms with E-state index in [4.69, 9.17) is 9.47 Å². The summed E-state index contributed by atoms with van der Waals surface area (Å²) in [4.78, 5) is 12.6. The lowest BCUT2D eigenvalue weighted by atomic mass is 10.1. The largest absolute Gasteiger partial charge is 0.496 e. The van der Waals surface area contributed by atoms with Gasteiger partial charge in [-0.15, -0.1) is 11.8 Å². The van der Waals surface area contributed by atoms with E-state index in [0.717, 1.165) is 23.7 Å². The normalized spacial score (nSPS) is 10.3. The third-order valence-corrected chi connectivity index (χ3v) is 3.45. The molecule has 0 fully saturated rings. The number of benzene rings is 1. The quantitative estimate of drug-likeness (QED) is 0.425. The van der Waals surface area contributed by atoms with Crippen LogP contribution in [0.5, 0.6) is 5.75 Å². The van der Waals surface area contributed by atoms with Crippen molar-refractivity contribution in [2.75, 3.05) is 26.6 Å². The van der Waals surface area contributed by atoms with Crippen LogP contribution in [0, 0.1) is 0 Å². The Balaban J connectivity index is 2.79. The molecule has 0 aliphatic rings. The van der Waals surface area contributed by atoms with Gasteiger partial charge in [0, 0.05) is 24.4 Å². The molecular weight excluding hydrogens is 236 g/mol. The zero-order chi connectivity index (χ0) is 12.7. The number of rotatable bonds is 7. The lowest BCUT2D eigenvalue weighted by Crippen LogP contribution is -2.00. The van der Waals surface area contributed by atoms with E-state index >= 15 is 0 Å². The number of hydrogen-bond donors (Lipinski definition) is 0. The highest BCUT2D eigenvalue weighted by molar-refractivity contribution is 7.99. The summed E-state index contributed by atoms with van der Waals surface area (Å²) in [5.41, 5.74) is 0.678. The maximum atomic E-state index is 11.6. The fourth-order valence-corrected chi connectivity index (χ4v) is 2.58. The van der Waals surface area contributed by atoms with E-state index in [2.05, 4.69) is 0 Å². The Morgan fingerprint density at radius 3 is 2.71 bits per heavy atom. The number of Topliss-reactive ketones (excluding diaryl/α,β-unsaturated/α-hetero) is 1. The predicted octanol–water partition coefficient (Wildman–Crippen LogP) is 3.03. The van der Waals surface area contributed by atoms with Crippen LogP contribution >= 0.6 is 11.8 Å². The Morgan fingerprint density at radius 1 is 1.35 bits per heavy atom. The van der Waals surface area contributed by atoms with Crippen molar-refractivity contribution in [3.8, 4) is 5.75 Å². The summed E-state index contributed by atoms with van der Waals surface area (Å²) in [6.45, 7) is 2.31. The molecule has 0 aromatic heterocycles. The molecule has 0 aliphatic heterocycles. The highest BCUT2D eigenvalue weighted by Gasteiger charge is 2.13. The molecule has 1 rings (SSSR count). The third-order valence-electron chi connectivity index (χ3n) is 2.31. The second-order valence-electron chi connectivity index (χ2n) is 3.58. The Morgan fingerprint density at radius 2 is 2.12 bits per heavy atom. The van der Waals surface area contributed by atoms with Crippen molar-refractivity contribution in [1.82, 2.24) is 0 Å². The summed E-state index contributed by atoms with van der Waals surface area (Å²) in [6.07, 6.45) is 0.968. The molecule has 1 aromatic carbocycles. The Labute approximate surface area is 106 Å². The van der Waals surface area contributed by atoms with E-state index in [-0.39, 0.29) is 5.78 Å². The fraction of sp³-hybridized carbons (Fsp3) is 0.462. The number of thioether (sulfide) groups is 1. The highest BCUT2D eigenvalue weighted by atomic mass is 32.2. The van der Waals surface area contributed by atoms with Crippen molar-refractivity contribution < 1.29 is 14.3 Å². The Kier molecular flexibility index (Phi) is 6.08. The van der Waals surface area contributed by atoms with Crippen LogP contribution in [0.3, 0.4) is 0 Å². The van der Waals surface area contributed by atoms with Crippen molar-refractivity contribution in [2.24, 2.45) is 0 Å². The average molecular weight is 254 g/mol. The zero-order valence-corrected chi connectivity index (χ0v) is 11.3. The first-order chi connectivity index (χ1) is 8.20. The number of carbonyl (C=O) groups is 1. The van der Waals surface area contributed by atoms with E-state index < -0.39 is 0 Å². The van der Waals surface area contributed by atoms with Crippen LogP contribution in [0.2, 0.25) is 0 Å². The molecule has 0 amide bonds.